The summed E-state index contributed by atoms with van der Waals surface area (Å²) in [6, 6.07) is 15.8. The molecule has 0 saturated carbocycles. The maximum Gasteiger partial charge on any atom is 0.353 e. The van der Waals surface area contributed by atoms with Gasteiger partial charge in [-0.05, 0) is 46.7 Å². The van der Waals surface area contributed by atoms with Crippen molar-refractivity contribution in [1.82, 2.24) is 0 Å². The number of amidine groups is 1. The second-order valence-electron chi connectivity index (χ2n) is 6.50. The number of nitrogen functional groups attached to an aromatic ring is 1. The van der Waals surface area contributed by atoms with E-state index in [9.17, 15) is 13.2 Å². The van der Waals surface area contributed by atoms with Gasteiger partial charge in [0.25, 0.3) is 0 Å². The number of hydrogen-bond acceptors (Lipinski definition) is 6. The summed E-state index contributed by atoms with van der Waals surface area (Å²) in [6.07, 6.45) is 0. The van der Waals surface area contributed by atoms with E-state index in [-0.39, 0.29) is 17.4 Å². The summed E-state index contributed by atoms with van der Waals surface area (Å²) in [7, 11) is -4.17. The molecule has 7 N–H and O–H groups in total. The van der Waals surface area contributed by atoms with Gasteiger partial charge in [-0.3, -0.25) is 10.8 Å². The molecule has 0 spiro atoms. The molecule has 0 aromatic heterocycles. The highest BCUT2D eigenvalue weighted by molar-refractivity contribution is 7.86. The molecular weight excluding hydrogens is 406 g/mol. The molecule has 154 valence electrons. The number of benzene rings is 3. The topological polar surface area (TPSA) is 172 Å². The first kappa shape index (κ1) is 20.8. The van der Waals surface area contributed by atoms with Crippen molar-refractivity contribution in [2.75, 3.05) is 5.32 Å². The molecule has 0 heterocycles. The van der Waals surface area contributed by atoms with Gasteiger partial charge in [0, 0.05) is 11.3 Å². The first-order chi connectivity index (χ1) is 14.1. The Bertz CT molecular complexity index is 1250. The Kier molecular flexibility index (Phi) is 5.70. The van der Waals surface area contributed by atoms with Crippen LogP contribution in [0, 0.1) is 10.8 Å². The van der Waals surface area contributed by atoms with Crippen molar-refractivity contribution < 1.29 is 17.4 Å². The Hall–Kier alpha value is -3.92. The summed E-state index contributed by atoms with van der Waals surface area (Å²) < 4.78 is 29.4. The van der Waals surface area contributed by atoms with E-state index in [1.807, 2.05) is 0 Å². The van der Waals surface area contributed by atoms with Gasteiger partial charge < -0.3 is 21.0 Å². The van der Waals surface area contributed by atoms with E-state index in [0.29, 0.717) is 16.8 Å². The van der Waals surface area contributed by atoms with Gasteiger partial charge >= 0.3 is 16.1 Å². The second-order valence-corrected chi connectivity index (χ2v) is 8.07. The van der Waals surface area contributed by atoms with Crippen LogP contribution in [-0.4, -0.2) is 26.2 Å². The molecule has 0 fully saturated rings. The Morgan fingerprint density at radius 1 is 0.900 bits per heavy atom. The lowest BCUT2D eigenvalue weighted by Gasteiger charge is -2.08. The summed E-state index contributed by atoms with van der Waals surface area (Å²) in [6.45, 7) is 0. The Morgan fingerprint density at radius 3 is 2.13 bits per heavy atom. The molecule has 3 aromatic carbocycles. The van der Waals surface area contributed by atoms with Gasteiger partial charge in [0.2, 0.25) is 0 Å². The van der Waals surface area contributed by atoms with Crippen LogP contribution in [-0.2, 0) is 20.1 Å². The fourth-order valence-corrected chi connectivity index (χ4v) is 3.77. The highest BCUT2D eigenvalue weighted by Crippen LogP contribution is 2.20. The lowest BCUT2D eigenvalue weighted by molar-refractivity contribution is 0.0746. The SMILES string of the molecule is N=C(N)Nc1ccc(C(=O)OS(=O)(=O)Cc2ccc3cc(C(=N)N)ccc3c2)cc1. The number of anilines is 1. The Morgan fingerprint density at radius 2 is 1.50 bits per heavy atom. The molecule has 0 bridgehead atoms. The summed E-state index contributed by atoms with van der Waals surface area (Å²) >= 11 is 0. The zero-order valence-electron chi connectivity index (χ0n) is 15.7. The van der Waals surface area contributed by atoms with E-state index in [2.05, 4.69) is 5.32 Å². The van der Waals surface area contributed by atoms with Gasteiger partial charge in [-0.15, -0.1) is 0 Å². The second kappa shape index (κ2) is 8.21. The van der Waals surface area contributed by atoms with Crippen LogP contribution in [0.15, 0.2) is 60.7 Å². The summed E-state index contributed by atoms with van der Waals surface area (Å²) in [5.41, 5.74) is 12.2. The minimum atomic E-state index is -4.17. The van der Waals surface area contributed by atoms with E-state index < -0.39 is 21.8 Å². The maximum atomic E-state index is 12.3. The maximum absolute atomic E-state index is 12.3. The van der Waals surface area contributed by atoms with Crippen molar-refractivity contribution >= 4 is 44.3 Å². The fraction of sp³-hybridized carbons (Fsp3) is 0.0500. The smallest absolute Gasteiger partial charge is 0.353 e. The molecule has 0 saturated heterocycles. The summed E-state index contributed by atoms with van der Waals surface area (Å²) in [5.74, 6) is -1.80. The van der Waals surface area contributed by atoms with Crippen molar-refractivity contribution in [1.29, 1.82) is 10.8 Å². The first-order valence-corrected chi connectivity index (χ1v) is 10.3. The molecule has 0 aliphatic carbocycles. The molecule has 3 aromatic rings. The van der Waals surface area contributed by atoms with E-state index >= 15 is 0 Å². The van der Waals surface area contributed by atoms with E-state index in [1.165, 1.54) is 24.3 Å². The van der Waals surface area contributed by atoms with Crippen LogP contribution in [0.1, 0.15) is 21.5 Å². The normalized spacial score (nSPS) is 11.1. The van der Waals surface area contributed by atoms with Crippen LogP contribution < -0.4 is 16.8 Å². The third kappa shape index (κ3) is 5.11. The van der Waals surface area contributed by atoms with Crippen molar-refractivity contribution in [2.45, 2.75) is 5.75 Å². The van der Waals surface area contributed by atoms with Gasteiger partial charge in [-0.25, -0.2) is 4.79 Å². The van der Waals surface area contributed by atoms with Crippen molar-refractivity contribution in [3.05, 3.63) is 77.4 Å². The number of hydrogen-bond donors (Lipinski definition) is 5. The lowest BCUT2D eigenvalue weighted by atomic mass is 10.0. The number of rotatable bonds is 6. The van der Waals surface area contributed by atoms with Crippen molar-refractivity contribution in [3.8, 4) is 0 Å². The molecule has 10 heteroatoms. The standard InChI is InChI=1S/C20H19N5O4S/c21-18(22)16-4-3-14-9-12(1-2-15(14)10-16)11-30(27,28)29-19(26)13-5-7-17(8-6-13)25-20(23)24/h1-10H,11H2,(H3,21,22)(H4,23,24,25). The van der Waals surface area contributed by atoms with Gasteiger partial charge in [-0.2, -0.15) is 8.42 Å². The zero-order chi connectivity index (χ0) is 21.9. The van der Waals surface area contributed by atoms with Crippen LogP contribution in [0.5, 0.6) is 0 Å². The van der Waals surface area contributed by atoms with Gasteiger partial charge in [0.15, 0.2) is 5.96 Å². The fourth-order valence-electron chi connectivity index (χ4n) is 2.79. The predicted octanol–water partition coefficient (Wildman–Crippen LogP) is 2.12. The summed E-state index contributed by atoms with van der Waals surface area (Å²) in [5, 5.41) is 18.8. The molecule has 0 aliphatic heterocycles. The number of nitrogens with two attached hydrogens (primary N) is 2. The lowest BCUT2D eigenvalue weighted by Crippen LogP contribution is -2.20. The molecule has 9 nitrogen and oxygen atoms in total. The number of carbonyl (C=O) groups excluding carboxylic acids is 1. The average molecular weight is 425 g/mol. The molecule has 30 heavy (non-hydrogen) atoms. The van der Waals surface area contributed by atoms with Crippen LogP contribution >= 0.6 is 0 Å². The van der Waals surface area contributed by atoms with E-state index in [0.717, 1.165) is 10.8 Å². The minimum absolute atomic E-state index is 0.0444. The monoisotopic (exact) mass is 425 g/mol. The number of fused-ring (bicyclic) bond motifs is 1. The summed E-state index contributed by atoms with van der Waals surface area (Å²) in [4.78, 5) is 12.2. The quantitative estimate of drug-likeness (QED) is 0.228. The molecule has 0 aliphatic rings. The molecule has 0 amide bonds. The van der Waals surface area contributed by atoms with Crippen LogP contribution in [0.2, 0.25) is 0 Å². The molecule has 3 rings (SSSR count). The van der Waals surface area contributed by atoms with E-state index in [1.54, 1.807) is 36.4 Å². The predicted molar refractivity (Wildman–Crippen MR) is 115 cm³/mol. The molecule has 0 radical (unpaired) electrons. The zero-order valence-corrected chi connectivity index (χ0v) is 16.5. The van der Waals surface area contributed by atoms with Crippen LogP contribution in [0.3, 0.4) is 0 Å². The molecule has 0 atom stereocenters. The van der Waals surface area contributed by atoms with Gasteiger partial charge in [0.05, 0.1) is 5.56 Å². The highest BCUT2D eigenvalue weighted by atomic mass is 32.2. The third-order valence-corrected chi connectivity index (χ3v) is 5.25. The molecular formula is C20H19N5O4S. The first-order valence-electron chi connectivity index (χ1n) is 8.68. The average Bonchev–Trinajstić information content (AvgIpc) is 2.66. The van der Waals surface area contributed by atoms with E-state index in [4.69, 9.17) is 26.5 Å². The largest absolute Gasteiger partial charge is 0.384 e. The van der Waals surface area contributed by atoms with Crippen molar-refractivity contribution in [2.24, 2.45) is 11.5 Å². The Labute approximate surface area is 172 Å². The Balaban J connectivity index is 1.72. The third-order valence-electron chi connectivity index (χ3n) is 4.16. The number of carbonyl (C=O) groups is 1. The highest BCUT2D eigenvalue weighted by Gasteiger charge is 2.20. The van der Waals surface area contributed by atoms with Gasteiger partial charge in [0.1, 0.15) is 11.6 Å². The van der Waals surface area contributed by atoms with Crippen LogP contribution in [0.25, 0.3) is 10.8 Å². The van der Waals surface area contributed by atoms with Crippen LogP contribution in [0.4, 0.5) is 5.69 Å². The van der Waals surface area contributed by atoms with Gasteiger partial charge in [-0.1, -0.05) is 30.3 Å². The van der Waals surface area contributed by atoms with Crippen molar-refractivity contribution in [3.63, 3.8) is 0 Å². The number of nitrogens with one attached hydrogen (secondary N) is 3. The molecule has 0 unspecified atom stereocenters. The minimum Gasteiger partial charge on any atom is -0.384 e. The number of guanidine groups is 1.